The fourth-order valence-electron chi connectivity index (χ4n) is 1.70. The third-order valence-electron chi connectivity index (χ3n) is 2.66. The molecule has 0 aromatic heterocycles. The maximum absolute atomic E-state index is 3.46. The lowest BCUT2D eigenvalue weighted by atomic mass is 10.1. The first kappa shape index (κ1) is 10.2. The Bertz CT molecular complexity index is 347. The van der Waals surface area contributed by atoms with E-state index in [0.717, 1.165) is 13.1 Å². The molecule has 0 saturated carbocycles. The van der Waals surface area contributed by atoms with Crippen LogP contribution in [-0.4, -0.2) is 6.54 Å². The fourth-order valence-corrected chi connectivity index (χ4v) is 1.70. The summed E-state index contributed by atoms with van der Waals surface area (Å²) in [6, 6.07) is 8.68. The molecule has 15 heavy (non-hydrogen) atoms. The lowest BCUT2D eigenvalue weighted by Crippen LogP contribution is -2.19. The summed E-state index contributed by atoms with van der Waals surface area (Å²) in [6.07, 6.45) is 8.67. The SMILES string of the molecule is Cc1ccc(CNCC2C=CC=C2)cc1. The molecule has 0 unspecified atom stereocenters. The van der Waals surface area contributed by atoms with Crippen molar-refractivity contribution in [2.24, 2.45) is 5.92 Å². The van der Waals surface area contributed by atoms with E-state index in [2.05, 4.69) is 60.8 Å². The molecule has 1 aromatic carbocycles. The summed E-state index contributed by atoms with van der Waals surface area (Å²) >= 11 is 0. The van der Waals surface area contributed by atoms with Crippen LogP contribution in [-0.2, 0) is 6.54 Å². The Kier molecular flexibility index (Phi) is 3.36. The molecule has 1 heteroatoms. The van der Waals surface area contributed by atoms with Crippen LogP contribution in [0.15, 0.2) is 48.6 Å². The minimum Gasteiger partial charge on any atom is -0.312 e. The molecule has 0 amide bonds. The van der Waals surface area contributed by atoms with Crippen molar-refractivity contribution in [1.82, 2.24) is 5.32 Å². The average Bonchev–Trinajstić information content (AvgIpc) is 2.74. The van der Waals surface area contributed by atoms with E-state index in [1.807, 2.05) is 0 Å². The Morgan fingerprint density at radius 3 is 2.40 bits per heavy atom. The van der Waals surface area contributed by atoms with Crippen LogP contribution in [0.3, 0.4) is 0 Å². The van der Waals surface area contributed by atoms with Crippen molar-refractivity contribution >= 4 is 0 Å². The molecule has 1 N–H and O–H groups in total. The summed E-state index contributed by atoms with van der Waals surface area (Å²) in [5.41, 5.74) is 2.67. The molecule has 1 aliphatic carbocycles. The van der Waals surface area contributed by atoms with Crippen molar-refractivity contribution in [2.75, 3.05) is 6.54 Å². The summed E-state index contributed by atoms with van der Waals surface area (Å²) in [4.78, 5) is 0. The van der Waals surface area contributed by atoms with Crippen LogP contribution < -0.4 is 5.32 Å². The average molecular weight is 199 g/mol. The summed E-state index contributed by atoms with van der Waals surface area (Å²) in [5.74, 6) is 0.579. The number of allylic oxidation sites excluding steroid dienone is 2. The van der Waals surface area contributed by atoms with Gasteiger partial charge in [-0.25, -0.2) is 0 Å². The molecule has 0 heterocycles. The van der Waals surface area contributed by atoms with E-state index in [4.69, 9.17) is 0 Å². The Morgan fingerprint density at radius 2 is 1.73 bits per heavy atom. The molecule has 2 rings (SSSR count). The monoisotopic (exact) mass is 199 g/mol. The Balaban J connectivity index is 1.76. The van der Waals surface area contributed by atoms with Gasteiger partial charge in [0.1, 0.15) is 0 Å². The molecular weight excluding hydrogens is 182 g/mol. The van der Waals surface area contributed by atoms with Gasteiger partial charge in [0.25, 0.3) is 0 Å². The van der Waals surface area contributed by atoms with Crippen LogP contribution in [0.4, 0.5) is 0 Å². The van der Waals surface area contributed by atoms with Crippen molar-refractivity contribution in [1.29, 1.82) is 0 Å². The van der Waals surface area contributed by atoms with Gasteiger partial charge in [-0.3, -0.25) is 0 Å². The molecule has 0 spiro atoms. The predicted octanol–water partition coefficient (Wildman–Crippen LogP) is 2.83. The number of rotatable bonds is 4. The van der Waals surface area contributed by atoms with Crippen LogP contribution in [0.25, 0.3) is 0 Å². The summed E-state index contributed by atoms with van der Waals surface area (Å²) < 4.78 is 0. The normalized spacial score (nSPS) is 15.0. The van der Waals surface area contributed by atoms with Crippen molar-refractivity contribution in [3.8, 4) is 0 Å². The maximum Gasteiger partial charge on any atom is 0.0205 e. The second-order valence-corrected chi connectivity index (χ2v) is 4.05. The predicted molar refractivity (Wildman–Crippen MR) is 64.7 cm³/mol. The van der Waals surface area contributed by atoms with E-state index < -0.39 is 0 Å². The zero-order chi connectivity index (χ0) is 10.5. The Morgan fingerprint density at radius 1 is 1.07 bits per heavy atom. The van der Waals surface area contributed by atoms with E-state index in [1.165, 1.54) is 11.1 Å². The lowest BCUT2D eigenvalue weighted by Gasteiger charge is -2.08. The van der Waals surface area contributed by atoms with Crippen LogP contribution in [0.5, 0.6) is 0 Å². The highest BCUT2D eigenvalue weighted by atomic mass is 14.9. The molecular formula is C14H17N. The number of benzene rings is 1. The highest BCUT2D eigenvalue weighted by molar-refractivity contribution is 5.21. The first-order valence-corrected chi connectivity index (χ1v) is 5.46. The highest BCUT2D eigenvalue weighted by Crippen LogP contribution is 2.07. The minimum atomic E-state index is 0.579. The second kappa shape index (κ2) is 4.94. The van der Waals surface area contributed by atoms with Gasteiger partial charge in [-0.1, -0.05) is 54.1 Å². The second-order valence-electron chi connectivity index (χ2n) is 4.05. The first-order valence-electron chi connectivity index (χ1n) is 5.46. The fraction of sp³-hybridized carbons (Fsp3) is 0.286. The largest absolute Gasteiger partial charge is 0.312 e. The van der Waals surface area contributed by atoms with E-state index in [-0.39, 0.29) is 0 Å². The molecule has 0 atom stereocenters. The summed E-state index contributed by atoms with van der Waals surface area (Å²) in [7, 11) is 0. The molecule has 0 radical (unpaired) electrons. The quantitative estimate of drug-likeness (QED) is 0.786. The zero-order valence-corrected chi connectivity index (χ0v) is 9.11. The Labute approximate surface area is 91.5 Å². The van der Waals surface area contributed by atoms with Gasteiger partial charge in [0.15, 0.2) is 0 Å². The summed E-state index contributed by atoms with van der Waals surface area (Å²) in [6.45, 7) is 4.10. The standard InChI is InChI=1S/C14H17N/c1-12-6-8-14(9-7-12)11-15-10-13-4-2-3-5-13/h2-9,13,15H,10-11H2,1H3. The van der Waals surface area contributed by atoms with Crippen LogP contribution in [0.2, 0.25) is 0 Å². The third-order valence-corrected chi connectivity index (χ3v) is 2.66. The molecule has 1 aliphatic rings. The highest BCUT2D eigenvalue weighted by Gasteiger charge is 2.02. The van der Waals surface area contributed by atoms with E-state index in [0.29, 0.717) is 5.92 Å². The van der Waals surface area contributed by atoms with Crippen LogP contribution in [0.1, 0.15) is 11.1 Å². The van der Waals surface area contributed by atoms with Gasteiger partial charge in [0.2, 0.25) is 0 Å². The van der Waals surface area contributed by atoms with Crippen molar-refractivity contribution in [2.45, 2.75) is 13.5 Å². The van der Waals surface area contributed by atoms with Gasteiger partial charge >= 0.3 is 0 Å². The van der Waals surface area contributed by atoms with Crippen LogP contribution >= 0.6 is 0 Å². The first-order chi connectivity index (χ1) is 7.34. The van der Waals surface area contributed by atoms with Gasteiger partial charge in [0, 0.05) is 19.0 Å². The molecule has 1 nitrogen and oxygen atoms in total. The molecule has 0 saturated heterocycles. The topological polar surface area (TPSA) is 12.0 Å². The summed E-state index contributed by atoms with van der Waals surface area (Å²) in [5, 5.41) is 3.46. The lowest BCUT2D eigenvalue weighted by molar-refractivity contribution is 0.633. The van der Waals surface area contributed by atoms with Gasteiger partial charge in [-0.2, -0.15) is 0 Å². The van der Waals surface area contributed by atoms with E-state index >= 15 is 0 Å². The number of nitrogens with one attached hydrogen (secondary N) is 1. The van der Waals surface area contributed by atoms with Crippen molar-refractivity contribution in [3.05, 3.63) is 59.7 Å². The smallest absolute Gasteiger partial charge is 0.0205 e. The van der Waals surface area contributed by atoms with Gasteiger partial charge in [0.05, 0.1) is 0 Å². The molecule has 0 fully saturated rings. The van der Waals surface area contributed by atoms with Gasteiger partial charge in [-0.05, 0) is 12.5 Å². The van der Waals surface area contributed by atoms with E-state index in [9.17, 15) is 0 Å². The van der Waals surface area contributed by atoms with Crippen molar-refractivity contribution < 1.29 is 0 Å². The van der Waals surface area contributed by atoms with Crippen molar-refractivity contribution in [3.63, 3.8) is 0 Å². The van der Waals surface area contributed by atoms with Gasteiger partial charge < -0.3 is 5.32 Å². The number of aryl methyl sites for hydroxylation is 1. The molecule has 0 bridgehead atoms. The minimum absolute atomic E-state index is 0.579. The molecule has 0 aliphatic heterocycles. The van der Waals surface area contributed by atoms with Gasteiger partial charge in [-0.15, -0.1) is 0 Å². The third kappa shape index (κ3) is 3.07. The number of hydrogen-bond acceptors (Lipinski definition) is 1. The molecule has 1 aromatic rings. The van der Waals surface area contributed by atoms with Crippen LogP contribution in [0, 0.1) is 12.8 Å². The van der Waals surface area contributed by atoms with E-state index in [1.54, 1.807) is 0 Å². The number of hydrogen-bond donors (Lipinski definition) is 1. The molecule has 78 valence electrons. The zero-order valence-electron chi connectivity index (χ0n) is 9.11. The Hall–Kier alpha value is -1.34. The maximum atomic E-state index is 3.46.